The van der Waals surface area contributed by atoms with Gasteiger partial charge in [-0.1, -0.05) is 9.69 Å². The van der Waals surface area contributed by atoms with Crippen LogP contribution in [0.4, 0.5) is 0 Å². The number of nitrogens with one attached hydrogen (secondary N) is 3. The number of nitrogens with zero attached hydrogens (tertiary/aromatic N) is 3. The van der Waals surface area contributed by atoms with Crippen molar-refractivity contribution in [1.29, 1.82) is 0 Å². The predicted octanol–water partition coefficient (Wildman–Crippen LogP) is 2.27. The highest BCUT2D eigenvalue weighted by Gasteiger charge is 2.57. The monoisotopic (exact) mass is 449 g/mol. The average Bonchev–Trinajstić information content (AvgIpc) is 3.40. The van der Waals surface area contributed by atoms with Crippen molar-refractivity contribution in [2.24, 2.45) is 10.5 Å². The second-order valence-corrected chi connectivity index (χ2v) is 9.64. The van der Waals surface area contributed by atoms with E-state index in [2.05, 4.69) is 20.8 Å². The molecule has 2 aromatic rings. The minimum atomic E-state index is -0.360. The van der Waals surface area contributed by atoms with Gasteiger partial charge in [-0.25, -0.2) is 4.79 Å². The molecule has 9 heteroatoms. The first kappa shape index (κ1) is 21.7. The third-order valence-electron chi connectivity index (χ3n) is 7.38. The number of allylic oxidation sites excluding steroid dienone is 2. The van der Waals surface area contributed by atoms with E-state index in [1.807, 2.05) is 13.8 Å². The van der Waals surface area contributed by atoms with E-state index < -0.39 is 0 Å². The van der Waals surface area contributed by atoms with E-state index in [0.717, 1.165) is 37.9 Å². The number of Topliss-reactive ketones (excluding diaryl/α,β-unsaturated/α-hetero) is 1. The number of hydrogen-bond acceptors (Lipinski definition) is 6. The summed E-state index contributed by atoms with van der Waals surface area (Å²) in [6, 6.07) is 4.85. The number of piperidine rings is 1. The van der Waals surface area contributed by atoms with Crippen LogP contribution in [0.15, 0.2) is 34.6 Å². The molecule has 5 rings (SSSR count). The molecule has 1 fully saturated rings. The third kappa shape index (κ3) is 3.18. The molecule has 2 aliphatic heterocycles. The van der Waals surface area contributed by atoms with E-state index in [-0.39, 0.29) is 39.3 Å². The number of hydrogen-bond donors (Lipinski definition) is 3. The summed E-state index contributed by atoms with van der Waals surface area (Å²) in [4.78, 5) is 39.8. The number of carbonyl (C=O) groups is 3. The average molecular weight is 450 g/mol. The van der Waals surface area contributed by atoms with Crippen molar-refractivity contribution >= 4 is 34.7 Å². The van der Waals surface area contributed by atoms with Crippen molar-refractivity contribution in [2.75, 3.05) is 20.1 Å². The van der Waals surface area contributed by atoms with Crippen LogP contribution in [0.1, 0.15) is 60.4 Å². The van der Waals surface area contributed by atoms with Crippen molar-refractivity contribution in [3.05, 3.63) is 40.7 Å². The Kier molecular flexibility index (Phi) is 5.06. The summed E-state index contributed by atoms with van der Waals surface area (Å²) in [6.45, 7) is 5.66. The quantitative estimate of drug-likeness (QED) is 0.622. The lowest BCUT2D eigenvalue weighted by Gasteiger charge is -2.41. The zero-order valence-electron chi connectivity index (χ0n) is 19.2. The molecule has 0 saturated carbocycles. The first-order valence-electron chi connectivity index (χ1n) is 11.5. The fraction of sp³-hybridized carbons (Fsp3) is 0.458. The number of amides is 2. The second kappa shape index (κ2) is 7.71. The molecule has 3 N–H and O–H groups in total. The van der Waals surface area contributed by atoms with Gasteiger partial charge in [-0.05, 0) is 69.8 Å². The highest BCUT2D eigenvalue weighted by Crippen LogP contribution is 2.48. The summed E-state index contributed by atoms with van der Waals surface area (Å²) in [5.74, 6) is -0.586. The van der Waals surface area contributed by atoms with Crippen molar-refractivity contribution in [3.8, 4) is 0 Å². The standard InChI is InChI=1S/C24H28N6O3/c1-14(2)30(21-16(13-27-30)11-24(12-19(21)31)6-8-26-9-7-24)23(33)15-4-5-18-17(10-15)20(29-28-18)22(32)25-3/h4-5,10,13-14,26H,6-9,11-12H2,1-3H3,(H-,25,28,29,32,33)/p+1. The topological polar surface area (TPSA) is 116 Å². The lowest BCUT2D eigenvalue weighted by molar-refractivity contribution is -0.833. The largest absolute Gasteiger partial charge is 0.377 e. The molecule has 1 unspecified atom stereocenters. The number of aromatic nitrogens is 2. The summed E-state index contributed by atoms with van der Waals surface area (Å²) < 4.78 is -0.360. The molecule has 0 bridgehead atoms. The number of ketones is 1. The lowest BCUT2D eigenvalue weighted by Crippen LogP contribution is -2.54. The zero-order valence-corrected chi connectivity index (χ0v) is 19.2. The summed E-state index contributed by atoms with van der Waals surface area (Å²) in [5, 5.41) is 18.1. The molecule has 172 valence electrons. The molecule has 1 saturated heterocycles. The molecule has 1 aromatic heterocycles. The number of aromatic amines is 1. The molecule has 1 atom stereocenters. The Labute approximate surface area is 191 Å². The number of rotatable bonds is 3. The summed E-state index contributed by atoms with van der Waals surface area (Å²) in [5.41, 5.74) is 2.65. The zero-order chi connectivity index (χ0) is 23.4. The van der Waals surface area contributed by atoms with Gasteiger partial charge in [0.1, 0.15) is 6.04 Å². The Balaban J connectivity index is 1.58. The van der Waals surface area contributed by atoms with Gasteiger partial charge >= 0.3 is 5.91 Å². The van der Waals surface area contributed by atoms with Crippen molar-refractivity contribution in [3.63, 3.8) is 0 Å². The molecule has 0 radical (unpaired) electrons. The molecule has 9 nitrogen and oxygen atoms in total. The Morgan fingerprint density at radius 3 is 2.64 bits per heavy atom. The van der Waals surface area contributed by atoms with Gasteiger partial charge in [-0.3, -0.25) is 14.7 Å². The number of carbonyl (C=O) groups excluding carboxylic acids is 3. The van der Waals surface area contributed by atoms with Crippen LogP contribution >= 0.6 is 0 Å². The van der Waals surface area contributed by atoms with E-state index in [0.29, 0.717) is 28.6 Å². The van der Waals surface area contributed by atoms with E-state index >= 15 is 0 Å². The van der Waals surface area contributed by atoms with E-state index in [1.165, 1.54) is 7.05 Å². The predicted molar refractivity (Wildman–Crippen MR) is 124 cm³/mol. The van der Waals surface area contributed by atoms with Crippen molar-refractivity contribution < 1.29 is 19.0 Å². The fourth-order valence-electron chi connectivity index (χ4n) is 5.61. The minimum absolute atomic E-state index is 0.0214. The maximum Gasteiger partial charge on any atom is 0.377 e. The molecular weight excluding hydrogens is 420 g/mol. The highest BCUT2D eigenvalue weighted by atomic mass is 16.2. The number of quaternary nitrogens is 1. The van der Waals surface area contributed by atoms with Gasteiger partial charge in [0.25, 0.3) is 5.91 Å². The maximum absolute atomic E-state index is 14.0. The van der Waals surface area contributed by atoms with Crippen LogP contribution in [0.5, 0.6) is 0 Å². The number of benzene rings is 1. The molecule has 3 heterocycles. The third-order valence-corrected chi connectivity index (χ3v) is 7.38. The highest BCUT2D eigenvalue weighted by molar-refractivity contribution is 6.08. The minimum Gasteiger partial charge on any atom is -0.354 e. The van der Waals surface area contributed by atoms with Gasteiger partial charge in [-0.15, -0.1) is 0 Å². The first-order valence-corrected chi connectivity index (χ1v) is 11.5. The maximum atomic E-state index is 14.0. The van der Waals surface area contributed by atoms with Gasteiger partial charge in [0.15, 0.2) is 5.69 Å². The molecule has 2 amide bonds. The summed E-state index contributed by atoms with van der Waals surface area (Å²) in [7, 11) is 1.54. The van der Waals surface area contributed by atoms with Crippen LogP contribution in [0.25, 0.3) is 10.9 Å². The molecule has 3 aliphatic rings. The van der Waals surface area contributed by atoms with Gasteiger partial charge in [0.05, 0.1) is 17.3 Å². The summed E-state index contributed by atoms with van der Waals surface area (Å²) in [6.07, 6.45) is 4.90. The number of H-pyrrole nitrogens is 1. The Bertz CT molecular complexity index is 1230. The Morgan fingerprint density at radius 2 is 1.94 bits per heavy atom. The normalized spacial score (nSPS) is 24.1. The first-order chi connectivity index (χ1) is 15.8. The number of fused-ring (bicyclic) bond motifs is 1. The molecule has 33 heavy (non-hydrogen) atoms. The molecule has 1 aliphatic carbocycles. The molecular formula is C24H29N6O3+. The van der Waals surface area contributed by atoms with Gasteiger partial charge in [-0.2, -0.15) is 5.10 Å². The van der Waals surface area contributed by atoms with E-state index in [9.17, 15) is 14.4 Å². The van der Waals surface area contributed by atoms with E-state index in [1.54, 1.807) is 24.4 Å². The van der Waals surface area contributed by atoms with Gasteiger partial charge in [0, 0.05) is 24.4 Å². The van der Waals surface area contributed by atoms with Crippen LogP contribution in [-0.2, 0) is 4.79 Å². The molecule has 1 spiro atoms. The van der Waals surface area contributed by atoms with Gasteiger partial charge < -0.3 is 10.6 Å². The molecule has 1 aromatic carbocycles. The smallest absolute Gasteiger partial charge is 0.354 e. The fourth-order valence-corrected chi connectivity index (χ4v) is 5.61. The summed E-state index contributed by atoms with van der Waals surface area (Å²) >= 11 is 0. The van der Waals surface area contributed by atoms with Crippen LogP contribution in [0, 0.1) is 5.41 Å². The van der Waals surface area contributed by atoms with Crippen LogP contribution < -0.4 is 10.6 Å². The van der Waals surface area contributed by atoms with Gasteiger partial charge in [0.2, 0.25) is 11.5 Å². The van der Waals surface area contributed by atoms with Crippen LogP contribution in [0.2, 0.25) is 0 Å². The SMILES string of the molecule is CNC(=O)c1n[nH]c2ccc(C(=O)[N+]3(C(C)C)N=CC4=C3C(=O)CC3(CCNCC3)C4)cc12. The van der Waals surface area contributed by atoms with E-state index in [4.69, 9.17) is 5.10 Å². The second-order valence-electron chi connectivity index (χ2n) is 9.64. The van der Waals surface area contributed by atoms with Crippen LogP contribution in [-0.4, -0.2) is 64.8 Å². The Morgan fingerprint density at radius 1 is 1.18 bits per heavy atom. The lowest BCUT2D eigenvalue weighted by atomic mass is 9.67. The Hall–Kier alpha value is -3.17. The van der Waals surface area contributed by atoms with Crippen LogP contribution in [0.3, 0.4) is 0 Å². The van der Waals surface area contributed by atoms with Crippen molar-refractivity contribution in [2.45, 2.75) is 45.6 Å². The van der Waals surface area contributed by atoms with Crippen molar-refractivity contribution in [1.82, 2.24) is 20.8 Å².